The molecule has 27 heavy (non-hydrogen) atoms. The Morgan fingerprint density at radius 3 is 2.70 bits per heavy atom. The van der Waals surface area contributed by atoms with E-state index in [0.717, 1.165) is 9.95 Å². The molecule has 134 valence electrons. The molecule has 0 aliphatic carbocycles. The predicted molar refractivity (Wildman–Crippen MR) is 97.5 cm³/mol. The van der Waals surface area contributed by atoms with Crippen molar-refractivity contribution in [3.05, 3.63) is 77.0 Å². The maximum atomic E-state index is 12.4. The largest absolute Gasteiger partial charge is 0.456 e. The van der Waals surface area contributed by atoms with Crippen LogP contribution in [0.1, 0.15) is 10.6 Å². The van der Waals surface area contributed by atoms with Gasteiger partial charge in [0.2, 0.25) is 5.78 Å². The van der Waals surface area contributed by atoms with Crippen molar-refractivity contribution in [3.63, 3.8) is 0 Å². The Bertz CT molecular complexity index is 1190. The van der Waals surface area contributed by atoms with Crippen LogP contribution >= 0.6 is 0 Å². The molecule has 0 saturated carbocycles. The Morgan fingerprint density at radius 2 is 1.85 bits per heavy atom. The number of nitrogens with zero attached hydrogens (tertiary/aromatic N) is 2. The molecule has 0 atom stereocenters. The van der Waals surface area contributed by atoms with Crippen LogP contribution in [0.4, 0.5) is 0 Å². The summed E-state index contributed by atoms with van der Waals surface area (Å²) < 4.78 is 11.6. The Kier molecular flexibility index (Phi) is 4.25. The zero-order chi connectivity index (χ0) is 18.8. The summed E-state index contributed by atoms with van der Waals surface area (Å²) >= 11 is 0. The molecule has 4 aromatic rings. The van der Waals surface area contributed by atoms with Gasteiger partial charge in [0.15, 0.2) is 12.4 Å². The molecule has 0 spiro atoms. The molecule has 0 fully saturated rings. The van der Waals surface area contributed by atoms with Gasteiger partial charge < -0.3 is 9.15 Å². The number of hydrogen-bond acceptors (Lipinski definition) is 6. The van der Waals surface area contributed by atoms with Gasteiger partial charge >= 0.3 is 5.97 Å². The van der Waals surface area contributed by atoms with Crippen molar-refractivity contribution in [1.82, 2.24) is 9.55 Å². The second kappa shape index (κ2) is 6.87. The zero-order valence-electron chi connectivity index (χ0n) is 14.1. The number of benzene rings is 2. The number of Topliss-reactive ketones (excluding diaryl/α,β-unsaturated/α-hetero) is 1. The van der Waals surface area contributed by atoms with E-state index in [9.17, 15) is 14.4 Å². The van der Waals surface area contributed by atoms with E-state index < -0.39 is 18.4 Å². The number of hydrogen-bond donors (Lipinski definition) is 0. The quantitative estimate of drug-likeness (QED) is 0.400. The van der Waals surface area contributed by atoms with Gasteiger partial charge in [-0.05, 0) is 24.3 Å². The molecule has 0 aliphatic rings. The fourth-order valence-electron chi connectivity index (χ4n) is 2.74. The van der Waals surface area contributed by atoms with Crippen molar-refractivity contribution < 1.29 is 18.7 Å². The number of furan rings is 1. The number of rotatable bonds is 5. The fourth-order valence-corrected chi connectivity index (χ4v) is 2.74. The number of fused-ring (bicyclic) bond motifs is 2. The Labute approximate surface area is 152 Å². The predicted octanol–water partition coefficient (Wildman–Crippen LogP) is 2.57. The monoisotopic (exact) mass is 362 g/mol. The molecular weight excluding hydrogens is 348 g/mol. The van der Waals surface area contributed by atoms with Crippen LogP contribution in [0.25, 0.3) is 21.9 Å². The van der Waals surface area contributed by atoms with E-state index >= 15 is 0 Å². The van der Waals surface area contributed by atoms with Crippen molar-refractivity contribution in [1.29, 1.82) is 0 Å². The number of carbonyl (C=O) groups is 2. The molecule has 0 unspecified atom stereocenters. The van der Waals surface area contributed by atoms with Gasteiger partial charge in [-0.25, -0.2) is 4.98 Å². The second-order valence-electron chi connectivity index (χ2n) is 5.93. The van der Waals surface area contributed by atoms with Crippen LogP contribution < -0.4 is 5.56 Å². The molecule has 7 nitrogen and oxygen atoms in total. The lowest BCUT2D eigenvalue weighted by Crippen LogP contribution is -2.26. The second-order valence-corrected chi connectivity index (χ2v) is 5.93. The highest BCUT2D eigenvalue weighted by Crippen LogP contribution is 2.19. The standard InChI is InChI=1S/C20H14N2O5/c23-16(18-9-13-5-1-4-8-17(13)27-18)11-26-19(24)10-22-12-21-15-7-3-2-6-14(15)20(22)25/h1-9,12H,10-11H2. The number of esters is 1. The normalized spacial score (nSPS) is 11.0. The summed E-state index contributed by atoms with van der Waals surface area (Å²) in [5, 5.41) is 1.20. The Morgan fingerprint density at radius 1 is 1.07 bits per heavy atom. The van der Waals surface area contributed by atoms with Crippen molar-refractivity contribution >= 4 is 33.6 Å². The van der Waals surface area contributed by atoms with Gasteiger partial charge in [-0.3, -0.25) is 19.0 Å². The van der Waals surface area contributed by atoms with E-state index in [2.05, 4.69) is 4.98 Å². The summed E-state index contributed by atoms with van der Waals surface area (Å²) in [5.41, 5.74) is 0.786. The number of aromatic nitrogens is 2. The van der Waals surface area contributed by atoms with Gasteiger partial charge in [-0.2, -0.15) is 0 Å². The van der Waals surface area contributed by atoms with Gasteiger partial charge in [-0.15, -0.1) is 0 Å². The van der Waals surface area contributed by atoms with E-state index in [1.54, 1.807) is 42.5 Å². The topological polar surface area (TPSA) is 91.4 Å². The molecule has 0 bridgehead atoms. The molecule has 0 amide bonds. The lowest BCUT2D eigenvalue weighted by atomic mass is 10.2. The first-order valence-electron chi connectivity index (χ1n) is 8.23. The molecule has 4 rings (SSSR count). The van der Waals surface area contributed by atoms with Crippen LogP contribution in [0, 0.1) is 0 Å². The molecule has 7 heteroatoms. The summed E-state index contributed by atoms with van der Waals surface area (Å²) in [6.07, 6.45) is 1.28. The first-order chi connectivity index (χ1) is 13.1. The SMILES string of the molecule is O=C(Cn1cnc2ccccc2c1=O)OCC(=O)c1cc2ccccc2o1. The molecule has 0 saturated heterocycles. The zero-order valence-corrected chi connectivity index (χ0v) is 14.1. The first-order valence-corrected chi connectivity index (χ1v) is 8.23. The number of ketones is 1. The van der Waals surface area contributed by atoms with Crippen molar-refractivity contribution in [2.75, 3.05) is 6.61 Å². The van der Waals surface area contributed by atoms with Crippen molar-refractivity contribution in [2.24, 2.45) is 0 Å². The first kappa shape index (κ1) is 16.7. The molecule has 2 aromatic carbocycles. The maximum absolute atomic E-state index is 12.4. The molecule has 2 aromatic heterocycles. The van der Waals surface area contributed by atoms with Crippen LogP contribution in [-0.4, -0.2) is 27.9 Å². The Hall–Kier alpha value is -3.74. The van der Waals surface area contributed by atoms with E-state index in [1.165, 1.54) is 6.33 Å². The van der Waals surface area contributed by atoms with E-state index in [4.69, 9.17) is 9.15 Å². The van der Waals surface area contributed by atoms with Crippen LogP contribution in [0.3, 0.4) is 0 Å². The highest BCUT2D eigenvalue weighted by Gasteiger charge is 2.15. The average molecular weight is 362 g/mol. The molecule has 0 aliphatic heterocycles. The molecule has 0 N–H and O–H groups in total. The summed E-state index contributed by atoms with van der Waals surface area (Å²) in [5.74, 6) is -1.05. The summed E-state index contributed by atoms with van der Waals surface area (Å²) in [4.78, 5) is 40.7. The molecular formula is C20H14N2O5. The smallest absolute Gasteiger partial charge is 0.326 e. The van der Waals surface area contributed by atoms with Crippen LogP contribution in [-0.2, 0) is 16.1 Å². The maximum Gasteiger partial charge on any atom is 0.326 e. The van der Waals surface area contributed by atoms with Gasteiger partial charge in [0, 0.05) is 5.39 Å². The van der Waals surface area contributed by atoms with E-state index in [0.29, 0.717) is 16.5 Å². The van der Waals surface area contributed by atoms with Crippen molar-refractivity contribution in [3.8, 4) is 0 Å². The highest BCUT2D eigenvalue weighted by atomic mass is 16.5. The third-order valence-electron chi connectivity index (χ3n) is 4.10. The van der Waals surface area contributed by atoms with Gasteiger partial charge in [-0.1, -0.05) is 30.3 Å². The minimum absolute atomic E-state index is 0.119. The minimum Gasteiger partial charge on any atom is -0.456 e. The lowest BCUT2D eigenvalue weighted by molar-refractivity contribution is -0.143. The van der Waals surface area contributed by atoms with Gasteiger partial charge in [0.1, 0.15) is 12.1 Å². The molecule has 0 radical (unpaired) electrons. The number of para-hydroxylation sites is 2. The highest BCUT2D eigenvalue weighted by molar-refractivity contribution is 5.99. The van der Waals surface area contributed by atoms with E-state index in [1.807, 2.05) is 12.1 Å². The lowest BCUT2D eigenvalue weighted by Gasteiger charge is -2.06. The fraction of sp³-hybridized carbons (Fsp3) is 0.100. The molecule has 2 heterocycles. The Balaban J connectivity index is 1.43. The van der Waals surface area contributed by atoms with Gasteiger partial charge in [0.25, 0.3) is 5.56 Å². The average Bonchev–Trinajstić information content (AvgIpc) is 3.13. The van der Waals surface area contributed by atoms with E-state index in [-0.39, 0.29) is 17.9 Å². The van der Waals surface area contributed by atoms with Crippen molar-refractivity contribution in [2.45, 2.75) is 6.54 Å². The van der Waals surface area contributed by atoms with Crippen LogP contribution in [0.15, 0.2) is 70.1 Å². The number of ether oxygens (including phenoxy) is 1. The summed E-state index contributed by atoms with van der Waals surface area (Å²) in [6, 6.07) is 15.7. The third-order valence-corrected chi connectivity index (χ3v) is 4.10. The summed E-state index contributed by atoms with van der Waals surface area (Å²) in [7, 11) is 0. The van der Waals surface area contributed by atoms with Gasteiger partial charge in [0.05, 0.1) is 17.2 Å². The minimum atomic E-state index is -0.710. The van der Waals surface area contributed by atoms with Crippen LogP contribution in [0.5, 0.6) is 0 Å². The number of carbonyl (C=O) groups excluding carboxylic acids is 2. The summed E-state index contributed by atoms with van der Waals surface area (Å²) in [6.45, 7) is -0.793. The third kappa shape index (κ3) is 3.35. The van der Waals surface area contributed by atoms with Crippen LogP contribution in [0.2, 0.25) is 0 Å².